The van der Waals surface area contributed by atoms with Crippen molar-refractivity contribution in [3.05, 3.63) is 28.2 Å². The van der Waals surface area contributed by atoms with E-state index in [1.165, 1.54) is 11.3 Å². The smallest absolute Gasteiger partial charge is 0.242 e. The summed E-state index contributed by atoms with van der Waals surface area (Å²) < 4.78 is 11.7. The maximum absolute atomic E-state index is 13.4. The van der Waals surface area contributed by atoms with Crippen LogP contribution in [0.1, 0.15) is 25.8 Å². The number of amides is 2. The van der Waals surface area contributed by atoms with Gasteiger partial charge in [0.2, 0.25) is 11.8 Å². The van der Waals surface area contributed by atoms with Gasteiger partial charge in [-0.15, -0.1) is 11.3 Å². The third-order valence-electron chi connectivity index (χ3n) is 6.81. The average Bonchev–Trinajstić information content (AvgIpc) is 3.41. The molecule has 170 valence electrons. The van der Waals surface area contributed by atoms with Crippen molar-refractivity contribution in [2.24, 2.45) is 5.41 Å². The number of nitrogens with zero attached hydrogens (tertiary/aromatic N) is 3. The number of ketones is 1. The minimum atomic E-state index is -1.46. The molecule has 5 heterocycles. The van der Waals surface area contributed by atoms with E-state index < -0.39 is 35.2 Å². The van der Waals surface area contributed by atoms with Crippen LogP contribution in [0, 0.1) is 5.41 Å². The van der Waals surface area contributed by atoms with Crippen LogP contribution in [0.2, 0.25) is 5.02 Å². The summed E-state index contributed by atoms with van der Waals surface area (Å²) in [5.41, 5.74) is 0.955. The highest BCUT2D eigenvalue weighted by Gasteiger charge is 2.62. The lowest BCUT2D eigenvalue weighted by molar-refractivity contribution is -0.158. The second kappa shape index (κ2) is 7.09. The van der Waals surface area contributed by atoms with Gasteiger partial charge >= 0.3 is 0 Å². The first-order valence-corrected chi connectivity index (χ1v) is 11.9. The molecule has 1 spiro atoms. The number of fused-ring (bicyclic) bond motifs is 5. The minimum Gasteiger partial charge on any atom is -0.372 e. The molecule has 2 fully saturated rings. The van der Waals surface area contributed by atoms with Gasteiger partial charge in [-0.1, -0.05) is 16.8 Å². The Labute approximate surface area is 197 Å². The number of rotatable bonds is 1. The molecule has 1 N–H and O–H groups in total. The molecule has 9 nitrogen and oxygen atoms in total. The predicted molar refractivity (Wildman–Crippen MR) is 120 cm³/mol. The fraction of sp³-hybridized carbons (Fsp3) is 0.409. The van der Waals surface area contributed by atoms with Crippen molar-refractivity contribution >= 4 is 57.2 Å². The van der Waals surface area contributed by atoms with Crippen LogP contribution in [0.3, 0.4) is 0 Å². The summed E-state index contributed by atoms with van der Waals surface area (Å²) in [6, 6.07) is 1.27. The van der Waals surface area contributed by atoms with E-state index in [1.807, 2.05) is 30.2 Å². The average molecular weight is 487 g/mol. The largest absolute Gasteiger partial charge is 0.372 e. The highest BCUT2D eigenvalue weighted by molar-refractivity contribution is 7.13. The Bertz CT molecular complexity index is 1320. The molecule has 1 unspecified atom stereocenters. The number of aromatic nitrogens is 2. The Morgan fingerprint density at radius 1 is 1.30 bits per heavy atom. The molecule has 0 aliphatic carbocycles. The molecule has 1 aromatic carbocycles. The van der Waals surface area contributed by atoms with Gasteiger partial charge in [0.25, 0.3) is 0 Å². The lowest BCUT2D eigenvalue weighted by Crippen LogP contribution is -2.72. The van der Waals surface area contributed by atoms with Gasteiger partial charge in [0.15, 0.2) is 11.4 Å². The standard InChI is InChI=1S/C22H19ClN4O5S/c1-9-8-27-17-11(5-12-16(20-24-3-4-33-20)26-32-18(12)15(17)23)7-22(19(27)10(2)31-9)13(28)6-14(29)25-21(22)30/h3-5,9-10,19H,6-8H2,1-2H3,(H,25,29,30)/t9-,10+,19-,22?/m1/s1. The summed E-state index contributed by atoms with van der Waals surface area (Å²) in [4.78, 5) is 45.0. The summed E-state index contributed by atoms with van der Waals surface area (Å²) in [6.45, 7) is 4.21. The molecule has 6 rings (SSSR count). The van der Waals surface area contributed by atoms with Crippen molar-refractivity contribution in [3.63, 3.8) is 0 Å². The fourth-order valence-electron chi connectivity index (χ4n) is 5.64. The summed E-state index contributed by atoms with van der Waals surface area (Å²) >= 11 is 8.32. The SMILES string of the molecule is C[C@@H]1CN2c3c(cc4c(-c5nccs5)noc4c3Cl)CC3(C(=O)CC(=O)NC3=O)[C@H]2[C@H](C)O1. The number of anilines is 1. The van der Waals surface area contributed by atoms with Crippen LogP contribution in [0.25, 0.3) is 21.7 Å². The van der Waals surface area contributed by atoms with Crippen LogP contribution in [0.4, 0.5) is 5.69 Å². The van der Waals surface area contributed by atoms with E-state index in [1.54, 1.807) is 6.20 Å². The van der Waals surface area contributed by atoms with Crippen molar-refractivity contribution in [2.45, 2.75) is 44.9 Å². The minimum absolute atomic E-state index is 0.0989. The summed E-state index contributed by atoms with van der Waals surface area (Å²) in [7, 11) is 0. The number of piperidine rings is 1. The lowest BCUT2D eigenvalue weighted by atomic mass is 9.63. The first kappa shape index (κ1) is 20.8. The Hall–Kier alpha value is -2.82. The first-order chi connectivity index (χ1) is 15.8. The second-order valence-corrected chi connectivity index (χ2v) is 10.1. The van der Waals surface area contributed by atoms with Crippen molar-refractivity contribution < 1.29 is 23.6 Å². The van der Waals surface area contributed by atoms with Gasteiger partial charge in [0.1, 0.15) is 21.1 Å². The van der Waals surface area contributed by atoms with Crippen LogP contribution in [-0.4, -0.2) is 52.5 Å². The van der Waals surface area contributed by atoms with E-state index in [0.717, 1.165) is 5.56 Å². The van der Waals surface area contributed by atoms with Crippen molar-refractivity contribution in [2.75, 3.05) is 11.4 Å². The highest BCUT2D eigenvalue weighted by atomic mass is 35.5. The molecule has 0 bridgehead atoms. The number of hydrogen-bond acceptors (Lipinski definition) is 9. The monoisotopic (exact) mass is 486 g/mol. The molecule has 33 heavy (non-hydrogen) atoms. The zero-order valence-electron chi connectivity index (χ0n) is 17.8. The molecule has 4 atom stereocenters. The number of imide groups is 1. The van der Waals surface area contributed by atoms with Crippen LogP contribution in [0.5, 0.6) is 0 Å². The van der Waals surface area contributed by atoms with Crippen molar-refractivity contribution in [1.82, 2.24) is 15.5 Å². The Balaban J connectivity index is 1.61. The molecular formula is C22H19ClN4O5S. The Kier molecular flexibility index (Phi) is 4.46. The number of nitrogens with one attached hydrogen (secondary N) is 1. The maximum atomic E-state index is 13.4. The first-order valence-electron chi connectivity index (χ1n) is 10.6. The number of hydrogen-bond donors (Lipinski definition) is 1. The third-order valence-corrected chi connectivity index (χ3v) is 7.94. The molecule has 0 saturated carbocycles. The molecule has 2 amide bonds. The van der Waals surface area contributed by atoms with E-state index in [4.69, 9.17) is 20.9 Å². The molecule has 2 saturated heterocycles. The third kappa shape index (κ3) is 2.77. The van der Waals surface area contributed by atoms with Crippen molar-refractivity contribution in [1.29, 1.82) is 0 Å². The van der Waals surface area contributed by atoms with Gasteiger partial charge in [-0.25, -0.2) is 4.98 Å². The molecule has 2 aromatic heterocycles. The van der Waals surface area contributed by atoms with E-state index in [0.29, 0.717) is 38.9 Å². The number of Topliss-reactive ketones (excluding diaryl/α,β-unsaturated/α-hetero) is 1. The quantitative estimate of drug-likeness (QED) is 0.412. The summed E-state index contributed by atoms with van der Waals surface area (Å²) in [5.74, 6) is -1.57. The molecule has 11 heteroatoms. The normalized spacial score (nSPS) is 29.4. The number of ether oxygens (including phenoxy) is 1. The van der Waals surface area contributed by atoms with Gasteiger partial charge in [-0.2, -0.15) is 0 Å². The van der Waals surface area contributed by atoms with Crippen LogP contribution in [-0.2, 0) is 25.5 Å². The molecule has 3 aromatic rings. The topological polar surface area (TPSA) is 115 Å². The molecule has 3 aliphatic heterocycles. The lowest BCUT2D eigenvalue weighted by Gasteiger charge is -2.55. The molecule has 3 aliphatic rings. The second-order valence-electron chi connectivity index (χ2n) is 8.82. The van der Waals surface area contributed by atoms with Crippen LogP contribution >= 0.6 is 22.9 Å². The zero-order chi connectivity index (χ0) is 23.1. The van der Waals surface area contributed by atoms with Gasteiger partial charge in [-0.3, -0.25) is 19.7 Å². The van der Waals surface area contributed by atoms with Gasteiger partial charge in [0.05, 0.1) is 35.7 Å². The highest BCUT2D eigenvalue weighted by Crippen LogP contribution is 2.52. The van der Waals surface area contributed by atoms with E-state index in [-0.39, 0.29) is 18.9 Å². The van der Waals surface area contributed by atoms with E-state index in [2.05, 4.69) is 15.5 Å². The van der Waals surface area contributed by atoms with E-state index in [9.17, 15) is 14.4 Å². The number of halogens is 1. The Morgan fingerprint density at radius 3 is 2.85 bits per heavy atom. The van der Waals surface area contributed by atoms with Crippen molar-refractivity contribution in [3.8, 4) is 10.7 Å². The van der Waals surface area contributed by atoms with Crippen LogP contribution < -0.4 is 10.2 Å². The van der Waals surface area contributed by atoms with E-state index >= 15 is 0 Å². The number of thiazole rings is 1. The number of morpholine rings is 1. The summed E-state index contributed by atoms with van der Waals surface area (Å²) in [5, 5.41) is 10.2. The van der Waals surface area contributed by atoms with Gasteiger partial charge in [0, 0.05) is 18.1 Å². The summed E-state index contributed by atoms with van der Waals surface area (Å²) in [6.07, 6.45) is 0.828. The number of carbonyl (C=O) groups is 3. The fourth-order valence-corrected chi connectivity index (χ4v) is 6.64. The van der Waals surface area contributed by atoms with Gasteiger partial charge in [-0.05, 0) is 31.9 Å². The Morgan fingerprint density at radius 2 is 2.12 bits per heavy atom. The zero-order valence-corrected chi connectivity index (χ0v) is 19.3. The molecule has 0 radical (unpaired) electrons. The molecular weight excluding hydrogens is 468 g/mol. The number of carbonyl (C=O) groups excluding carboxylic acids is 3. The number of benzene rings is 1. The predicted octanol–water partition coefficient (Wildman–Crippen LogP) is 2.75. The maximum Gasteiger partial charge on any atom is 0.242 e. The van der Waals surface area contributed by atoms with Gasteiger partial charge < -0.3 is 14.2 Å². The van der Waals surface area contributed by atoms with Crippen LogP contribution in [0.15, 0.2) is 22.2 Å².